The number of ether oxygens (including phenoxy) is 1. The lowest BCUT2D eigenvalue weighted by Gasteiger charge is -2.20. The number of benzene rings is 3. The number of nitrogens with zero attached hydrogens (tertiary/aromatic N) is 1. The smallest absolute Gasteiger partial charge is 0.357 e. The summed E-state index contributed by atoms with van der Waals surface area (Å²) in [6.45, 7) is 0.0735. The molecule has 3 aromatic rings. The quantitative estimate of drug-likeness (QED) is 0.497. The third kappa shape index (κ3) is 3.31. The Morgan fingerprint density at radius 2 is 1.30 bits per heavy atom. The fourth-order valence-electron chi connectivity index (χ4n) is 3.09. The zero-order valence-electron chi connectivity index (χ0n) is 14.2. The number of carbonyl (C=O) groups is 1. The molecule has 0 radical (unpaired) electrons. The number of halogens is 2. The second kappa shape index (κ2) is 7.03. The Bertz CT molecular complexity index is 949. The zero-order valence-corrected chi connectivity index (χ0v) is 14.2. The van der Waals surface area contributed by atoms with Crippen LogP contribution in [0, 0.1) is 11.6 Å². The van der Waals surface area contributed by atoms with Crippen LogP contribution in [-0.4, -0.2) is 12.7 Å². The molecule has 1 aliphatic heterocycles. The maximum Gasteiger partial charge on any atom is 0.357 e. The molecule has 0 atom stereocenters. The van der Waals surface area contributed by atoms with Crippen molar-refractivity contribution in [1.29, 1.82) is 0 Å². The average molecular weight is 363 g/mol. The predicted octanol–water partition coefficient (Wildman–Crippen LogP) is 4.75. The highest BCUT2D eigenvalue weighted by atomic mass is 19.1. The SMILES string of the molecule is O=C1OCN(c2ccccc2)C1=C(c1ccc(F)cc1)c1ccc(F)cc1. The second-order valence-corrected chi connectivity index (χ2v) is 6.06. The number of cyclic esters (lactones) is 1. The maximum absolute atomic E-state index is 13.4. The molecule has 4 rings (SSSR count). The van der Waals surface area contributed by atoms with E-state index < -0.39 is 5.97 Å². The summed E-state index contributed by atoms with van der Waals surface area (Å²) in [4.78, 5) is 14.4. The van der Waals surface area contributed by atoms with E-state index in [1.54, 1.807) is 29.2 Å². The molecule has 27 heavy (non-hydrogen) atoms. The molecule has 3 aromatic carbocycles. The van der Waals surface area contributed by atoms with E-state index in [0.29, 0.717) is 22.4 Å². The molecule has 5 heteroatoms. The lowest BCUT2D eigenvalue weighted by molar-refractivity contribution is -0.135. The van der Waals surface area contributed by atoms with Gasteiger partial charge in [0.2, 0.25) is 0 Å². The van der Waals surface area contributed by atoms with Crippen LogP contribution in [0.2, 0.25) is 0 Å². The van der Waals surface area contributed by atoms with Crippen LogP contribution in [0.25, 0.3) is 5.57 Å². The van der Waals surface area contributed by atoms with E-state index in [1.807, 2.05) is 30.3 Å². The lowest BCUT2D eigenvalue weighted by atomic mass is 9.95. The first-order valence-corrected chi connectivity index (χ1v) is 8.39. The normalized spacial score (nSPS) is 13.6. The van der Waals surface area contributed by atoms with Gasteiger partial charge in [-0.1, -0.05) is 42.5 Å². The van der Waals surface area contributed by atoms with Crippen LogP contribution in [0.1, 0.15) is 11.1 Å². The van der Waals surface area contributed by atoms with Crippen LogP contribution in [0.5, 0.6) is 0 Å². The van der Waals surface area contributed by atoms with Crippen molar-refractivity contribution in [2.24, 2.45) is 0 Å². The Hall–Kier alpha value is -3.47. The third-order valence-corrected chi connectivity index (χ3v) is 4.36. The second-order valence-electron chi connectivity index (χ2n) is 6.06. The van der Waals surface area contributed by atoms with Crippen molar-refractivity contribution >= 4 is 17.2 Å². The van der Waals surface area contributed by atoms with Crippen molar-refractivity contribution in [2.75, 3.05) is 11.6 Å². The van der Waals surface area contributed by atoms with Crippen LogP contribution < -0.4 is 4.90 Å². The summed E-state index contributed by atoms with van der Waals surface area (Å²) in [5.74, 6) is -1.24. The van der Waals surface area contributed by atoms with Gasteiger partial charge in [-0.05, 0) is 47.5 Å². The van der Waals surface area contributed by atoms with Crippen LogP contribution in [0.4, 0.5) is 14.5 Å². The topological polar surface area (TPSA) is 29.5 Å². The number of carbonyl (C=O) groups excluding carboxylic acids is 1. The summed E-state index contributed by atoms with van der Waals surface area (Å²) in [7, 11) is 0. The van der Waals surface area contributed by atoms with E-state index in [-0.39, 0.29) is 18.4 Å². The Kier molecular flexibility index (Phi) is 4.42. The minimum Gasteiger partial charge on any atom is -0.439 e. The minimum absolute atomic E-state index is 0.0735. The van der Waals surface area contributed by atoms with E-state index in [4.69, 9.17) is 4.74 Å². The number of rotatable bonds is 3. The van der Waals surface area contributed by atoms with Crippen LogP contribution in [-0.2, 0) is 9.53 Å². The van der Waals surface area contributed by atoms with E-state index in [9.17, 15) is 13.6 Å². The van der Waals surface area contributed by atoms with Gasteiger partial charge in [0.25, 0.3) is 0 Å². The molecule has 0 unspecified atom stereocenters. The molecule has 0 aromatic heterocycles. The first-order valence-electron chi connectivity index (χ1n) is 8.39. The zero-order chi connectivity index (χ0) is 18.8. The highest BCUT2D eigenvalue weighted by molar-refractivity contribution is 6.06. The molecule has 1 fully saturated rings. The lowest BCUT2D eigenvalue weighted by Crippen LogP contribution is -2.19. The molecule has 0 spiro atoms. The molecule has 3 nitrogen and oxygen atoms in total. The molecule has 0 bridgehead atoms. The fourth-order valence-corrected chi connectivity index (χ4v) is 3.09. The molecule has 0 amide bonds. The largest absolute Gasteiger partial charge is 0.439 e. The third-order valence-electron chi connectivity index (χ3n) is 4.36. The number of para-hydroxylation sites is 1. The van der Waals surface area contributed by atoms with Crippen LogP contribution in [0.3, 0.4) is 0 Å². The van der Waals surface area contributed by atoms with Crippen molar-refractivity contribution in [3.05, 3.63) is 107 Å². The van der Waals surface area contributed by atoms with E-state index >= 15 is 0 Å². The van der Waals surface area contributed by atoms with Crippen molar-refractivity contribution < 1.29 is 18.3 Å². The molecule has 0 N–H and O–H groups in total. The van der Waals surface area contributed by atoms with E-state index in [0.717, 1.165) is 5.69 Å². The van der Waals surface area contributed by atoms with Gasteiger partial charge in [-0.3, -0.25) is 0 Å². The van der Waals surface area contributed by atoms with Crippen molar-refractivity contribution in [1.82, 2.24) is 0 Å². The standard InChI is InChI=1S/C22H15F2NO2/c23-17-10-6-15(7-11-17)20(16-8-12-18(24)13-9-16)21-22(26)27-14-25(21)19-4-2-1-3-5-19/h1-13H,14H2. The van der Waals surface area contributed by atoms with Gasteiger partial charge in [-0.15, -0.1) is 0 Å². The van der Waals surface area contributed by atoms with Gasteiger partial charge in [0.1, 0.15) is 17.3 Å². The first-order chi connectivity index (χ1) is 13.1. The van der Waals surface area contributed by atoms with Crippen molar-refractivity contribution in [2.45, 2.75) is 0 Å². The highest BCUT2D eigenvalue weighted by Gasteiger charge is 2.32. The summed E-state index contributed by atoms with van der Waals surface area (Å²) in [5, 5.41) is 0. The van der Waals surface area contributed by atoms with Gasteiger partial charge in [0.05, 0.1) is 0 Å². The monoisotopic (exact) mass is 363 g/mol. The van der Waals surface area contributed by atoms with Gasteiger partial charge in [-0.2, -0.15) is 0 Å². The molecule has 0 saturated carbocycles. The maximum atomic E-state index is 13.4. The van der Waals surface area contributed by atoms with Gasteiger partial charge in [0.15, 0.2) is 6.73 Å². The van der Waals surface area contributed by atoms with E-state index in [1.165, 1.54) is 24.3 Å². The van der Waals surface area contributed by atoms with E-state index in [2.05, 4.69) is 0 Å². The highest BCUT2D eigenvalue weighted by Crippen LogP contribution is 2.35. The van der Waals surface area contributed by atoms with Crippen molar-refractivity contribution in [3.63, 3.8) is 0 Å². The van der Waals surface area contributed by atoms with Gasteiger partial charge in [0, 0.05) is 11.3 Å². The summed E-state index contributed by atoms with van der Waals surface area (Å²) >= 11 is 0. The Labute approximate surface area is 155 Å². The Morgan fingerprint density at radius 1 is 0.778 bits per heavy atom. The average Bonchev–Trinajstić information content (AvgIpc) is 3.07. The molecule has 134 valence electrons. The summed E-state index contributed by atoms with van der Waals surface area (Å²) in [6, 6.07) is 21.0. The van der Waals surface area contributed by atoms with Gasteiger partial charge in [-0.25, -0.2) is 13.6 Å². The Morgan fingerprint density at radius 3 is 1.81 bits per heavy atom. The van der Waals surface area contributed by atoms with Gasteiger partial charge >= 0.3 is 5.97 Å². The summed E-state index contributed by atoms with van der Waals surface area (Å²) in [6.07, 6.45) is 0. The van der Waals surface area contributed by atoms with Crippen LogP contribution in [0.15, 0.2) is 84.6 Å². The molecular formula is C22H15F2NO2. The number of hydrogen-bond donors (Lipinski definition) is 0. The molecular weight excluding hydrogens is 348 g/mol. The molecule has 1 heterocycles. The number of anilines is 1. The molecule has 1 saturated heterocycles. The van der Waals surface area contributed by atoms with Crippen molar-refractivity contribution in [3.8, 4) is 0 Å². The number of esters is 1. The fraction of sp³-hybridized carbons (Fsp3) is 0.0455. The first kappa shape index (κ1) is 17.0. The Balaban J connectivity index is 1.96. The number of hydrogen-bond acceptors (Lipinski definition) is 3. The summed E-state index contributed by atoms with van der Waals surface area (Å²) in [5.41, 5.74) is 2.96. The predicted molar refractivity (Wildman–Crippen MR) is 98.7 cm³/mol. The molecule has 1 aliphatic rings. The van der Waals surface area contributed by atoms with Crippen LogP contribution >= 0.6 is 0 Å². The molecule has 0 aliphatic carbocycles. The van der Waals surface area contributed by atoms with Gasteiger partial charge < -0.3 is 9.64 Å². The summed E-state index contributed by atoms with van der Waals surface area (Å²) < 4.78 is 32.2. The minimum atomic E-state index is -0.484.